The zero-order valence-electron chi connectivity index (χ0n) is 14.3. The molecule has 144 valence electrons. The summed E-state index contributed by atoms with van der Waals surface area (Å²) in [4.78, 5) is 34.9. The van der Waals surface area contributed by atoms with Gasteiger partial charge in [-0.25, -0.2) is 13.2 Å². The van der Waals surface area contributed by atoms with E-state index in [1.54, 1.807) is 0 Å². The number of aromatic carboxylic acids is 1. The van der Waals surface area contributed by atoms with Crippen molar-refractivity contribution in [2.24, 2.45) is 7.05 Å². The third-order valence-corrected chi connectivity index (χ3v) is 6.00. The molecule has 0 aliphatic carbocycles. The van der Waals surface area contributed by atoms with E-state index in [1.165, 1.54) is 29.9 Å². The lowest BCUT2D eigenvalue weighted by Gasteiger charge is -2.22. The monoisotopic (exact) mass is 395 g/mol. The number of carboxylic acid groups (broad SMARTS) is 1. The number of rotatable bonds is 5. The van der Waals surface area contributed by atoms with Gasteiger partial charge >= 0.3 is 5.97 Å². The van der Waals surface area contributed by atoms with Crippen molar-refractivity contribution in [3.05, 3.63) is 46.6 Å². The average molecular weight is 395 g/mol. The van der Waals surface area contributed by atoms with Crippen LogP contribution >= 0.6 is 0 Å². The Hall–Kier alpha value is -2.92. The van der Waals surface area contributed by atoms with Crippen LogP contribution < -0.4 is 10.9 Å². The molecule has 2 N–H and O–H groups in total. The van der Waals surface area contributed by atoms with Crippen molar-refractivity contribution >= 4 is 27.6 Å². The molecular formula is C16H17N3O7S. The zero-order valence-corrected chi connectivity index (χ0v) is 15.1. The lowest BCUT2D eigenvalue weighted by Crippen LogP contribution is -2.43. The Kier molecular flexibility index (Phi) is 4.89. The number of furan rings is 1. The van der Waals surface area contributed by atoms with Crippen molar-refractivity contribution in [1.29, 1.82) is 0 Å². The lowest BCUT2D eigenvalue weighted by molar-refractivity contribution is -0.119. The molecule has 1 atom stereocenters. The molecule has 3 heterocycles. The molecule has 1 saturated heterocycles. The highest BCUT2D eigenvalue weighted by molar-refractivity contribution is 7.89. The van der Waals surface area contributed by atoms with Gasteiger partial charge in [0.05, 0.1) is 5.69 Å². The van der Waals surface area contributed by atoms with Crippen molar-refractivity contribution < 1.29 is 27.5 Å². The van der Waals surface area contributed by atoms with Crippen LogP contribution in [-0.4, -0.2) is 46.9 Å². The van der Waals surface area contributed by atoms with Gasteiger partial charge in [-0.3, -0.25) is 9.59 Å². The number of sulfonamides is 1. The van der Waals surface area contributed by atoms with Crippen LogP contribution in [0.1, 0.15) is 23.4 Å². The quantitative estimate of drug-likeness (QED) is 0.750. The third kappa shape index (κ3) is 3.64. The molecule has 1 amide bonds. The van der Waals surface area contributed by atoms with Gasteiger partial charge in [0.25, 0.3) is 10.0 Å². The molecule has 2 aromatic heterocycles. The summed E-state index contributed by atoms with van der Waals surface area (Å²) in [7, 11) is -2.64. The smallest absolute Gasteiger partial charge is 0.371 e. The van der Waals surface area contributed by atoms with Crippen LogP contribution in [0, 0.1) is 0 Å². The van der Waals surface area contributed by atoms with Crippen LogP contribution in [0.3, 0.4) is 0 Å². The Bertz CT molecular complexity index is 1050. The van der Waals surface area contributed by atoms with Gasteiger partial charge < -0.3 is 19.4 Å². The van der Waals surface area contributed by atoms with Crippen LogP contribution in [0.2, 0.25) is 0 Å². The maximum Gasteiger partial charge on any atom is 0.371 e. The molecule has 0 aromatic carbocycles. The minimum Gasteiger partial charge on any atom is -0.475 e. The minimum atomic E-state index is -4.17. The van der Waals surface area contributed by atoms with Gasteiger partial charge in [0.1, 0.15) is 6.04 Å². The average Bonchev–Trinajstić information content (AvgIpc) is 3.27. The number of aromatic nitrogens is 1. The second kappa shape index (κ2) is 7.00. The van der Waals surface area contributed by atoms with Gasteiger partial charge in [-0.05, 0) is 31.0 Å². The Morgan fingerprint density at radius 3 is 2.63 bits per heavy atom. The van der Waals surface area contributed by atoms with Gasteiger partial charge in [-0.15, -0.1) is 0 Å². The first-order valence-corrected chi connectivity index (χ1v) is 9.46. The molecule has 0 spiro atoms. The number of nitrogens with zero attached hydrogens (tertiary/aromatic N) is 2. The number of nitrogens with one attached hydrogen (secondary N) is 1. The zero-order chi connectivity index (χ0) is 19.8. The van der Waals surface area contributed by atoms with Crippen molar-refractivity contribution in [3.63, 3.8) is 0 Å². The highest BCUT2D eigenvalue weighted by atomic mass is 32.2. The number of carboxylic acids is 1. The number of aryl methyl sites for hydroxylation is 1. The van der Waals surface area contributed by atoms with E-state index in [0.717, 1.165) is 16.4 Å². The molecule has 11 heteroatoms. The number of amides is 1. The molecule has 1 aliphatic rings. The number of carbonyl (C=O) groups excluding carboxylic acids is 1. The minimum absolute atomic E-state index is 0.108. The molecule has 1 aliphatic heterocycles. The molecule has 27 heavy (non-hydrogen) atoms. The van der Waals surface area contributed by atoms with E-state index in [0.29, 0.717) is 18.5 Å². The summed E-state index contributed by atoms with van der Waals surface area (Å²) >= 11 is 0. The Labute approximate surface area is 154 Å². The molecule has 1 unspecified atom stereocenters. The van der Waals surface area contributed by atoms with E-state index in [9.17, 15) is 22.8 Å². The summed E-state index contributed by atoms with van der Waals surface area (Å²) in [5, 5.41) is 11.0. The summed E-state index contributed by atoms with van der Waals surface area (Å²) in [5.74, 6) is -2.43. The molecule has 1 fully saturated rings. The third-order valence-electron chi connectivity index (χ3n) is 4.21. The van der Waals surface area contributed by atoms with E-state index in [-0.39, 0.29) is 12.1 Å². The number of carbonyl (C=O) groups is 2. The summed E-state index contributed by atoms with van der Waals surface area (Å²) in [6, 6.07) is 3.85. The topological polar surface area (TPSA) is 139 Å². The first-order valence-electron chi connectivity index (χ1n) is 8.02. The fourth-order valence-electron chi connectivity index (χ4n) is 2.87. The summed E-state index contributed by atoms with van der Waals surface area (Å²) in [6.45, 7) is 0.108. The maximum atomic E-state index is 12.8. The van der Waals surface area contributed by atoms with E-state index in [1.807, 2.05) is 0 Å². The van der Waals surface area contributed by atoms with E-state index >= 15 is 0 Å². The predicted octanol–water partition coefficient (Wildman–Crippen LogP) is 0.468. The largest absolute Gasteiger partial charge is 0.475 e. The second-order valence-electron chi connectivity index (χ2n) is 6.05. The fraction of sp³-hybridized carbons (Fsp3) is 0.312. The Balaban J connectivity index is 1.82. The van der Waals surface area contributed by atoms with E-state index in [2.05, 4.69) is 5.32 Å². The SMILES string of the molecule is Cn1cc(NC(=O)C2CCCN2S(=O)(=O)c2ccc(C(=O)O)o2)ccc1=O. The van der Waals surface area contributed by atoms with E-state index < -0.39 is 38.8 Å². The lowest BCUT2D eigenvalue weighted by atomic mass is 10.2. The Morgan fingerprint density at radius 2 is 2.00 bits per heavy atom. The van der Waals surface area contributed by atoms with Gasteiger partial charge in [-0.2, -0.15) is 4.31 Å². The van der Waals surface area contributed by atoms with Crippen molar-refractivity contribution in [2.45, 2.75) is 24.0 Å². The molecule has 0 bridgehead atoms. The molecule has 0 saturated carbocycles. The van der Waals surface area contributed by atoms with E-state index in [4.69, 9.17) is 9.52 Å². The number of hydrogen-bond donors (Lipinski definition) is 2. The summed E-state index contributed by atoms with van der Waals surface area (Å²) in [6.07, 6.45) is 2.21. The molecule has 3 rings (SSSR count). The van der Waals surface area contributed by atoms with Crippen LogP contribution in [0.4, 0.5) is 5.69 Å². The normalized spacial score (nSPS) is 17.7. The summed E-state index contributed by atoms with van der Waals surface area (Å²) in [5.41, 5.74) is 0.114. The van der Waals surface area contributed by atoms with Crippen LogP contribution in [0.25, 0.3) is 0 Å². The van der Waals surface area contributed by atoms with Crippen molar-refractivity contribution in [3.8, 4) is 0 Å². The Morgan fingerprint density at radius 1 is 1.26 bits per heavy atom. The van der Waals surface area contributed by atoms with Gasteiger partial charge in [0, 0.05) is 25.9 Å². The summed E-state index contributed by atoms with van der Waals surface area (Å²) < 4.78 is 32.7. The maximum absolute atomic E-state index is 12.8. The molecule has 2 aromatic rings. The van der Waals surface area contributed by atoms with Crippen LogP contribution in [0.5, 0.6) is 0 Å². The van der Waals surface area contributed by atoms with Crippen LogP contribution in [-0.2, 0) is 21.9 Å². The first-order chi connectivity index (χ1) is 12.7. The highest BCUT2D eigenvalue weighted by Gasteiger charge is 2.41. The first kappa shape index (κ1) is 18.9. The van der Waals surface area contributed by atoms with Gasteiger partial charge in [0.2, 0.25) is 22.3 Å². The number of pyridine rings is 1. The second-order valence-corrected chi connectivity index (χ2v) is 7.88. The number of anilines is 1. The number of hydrogen-bond acceptors (Lipinski definition) is 6. The van der Waals surface area contributed by atoms with Crippen molar-refractivity contribution in [1.82, 2.24) is 8.87 Å². The predicted molar refractivity (Wildman–Crippen MR) is 92.9 cm³/mol. The standard InChI is InChI=1S/C16H17N3O7S/c1-18-9-10(4-6-13(18)20)17-15(21)11-3-2-8-19(11)27(24,25)14-7-5-12(26-14)16(22)23/h4-7,9,11H,2-3,8H2,1H3,(H,17,21)(H,22,23). The highest BCUT2D eigenvalue weighted by Crippen LogP contribution is 2.28. The molecule has 0 radical (unpaired) electrons. The van der Waals surface area contributed by atoms with Gasteiger partial charge in [0.15, 0.2) is 0 Å². The van der Waals surface area contributed by atoms with Gasteiger partial charge in [-0.1, -0.05) is 0 Å². The van der Waals surface area contributed by atoms with Crippen molar-refractivity contribution in [2.75, 3.05) is 11.9 Å². The fourth-order valence-corrected chi connectivity index (χ4v) is 4.44. The molecule has 10 nitrogen and oxygen atoms in total. The van der Waals surface area contributed by atoms with Crippen LogP contribution in [0.15, 0.2) is 44.8 Å². The molecular weight excluding hydrogens is 378 g/mol.